The van der Waals surface area contributed by atoms with Crippen LogP contribution >= 0.6 is 0 Å². The molecule has 0 fully saturated rings. The van der Waals surface area contributed by atoms with Gasteiger partial charge in [0.05, 0.1) is 7.05 Å². The SMILES string of the molecule is CCCNCC(Cc1ccc(C)cc1)Cc1nnn(C)n1. The van der Waals surface area contributed by atoms with Gasteiger partial charge in [0, 0.05) is 6.42 Å². The molecule has 1 aromatic heterocycles. The molecule has 0 saturated heterocycles. The van der Waals surface area contributed by atoms with E-state index in [1.807, 2.05) is 0 Å². The molecule has 0 aliphatic heterocycles. The van der Waals surface area contributed by atoms with Gasteiger partial charge in [-0.05, 0) is 49.5 Å². The number of hydrogen-bond donors (Lipinski definition) is 1. The third-order valence-corrected chi connectivity index (χ3v) is 3.53. The molecule has 0 bridgehead atoms. The molecule has 0 saturated carbocycles. The topological polar surface area (TPSA) is 55.6 Å². The largest absolute Gasteiger partial charge is 0.316 e. The number of aromatic nitrogens is 4. The van der Waals surface area contributed by atoms with Gasteiger partial charge in [-0.25, -0.2) is 0 Å². The standard InChI is InChI=1S/C16H25N5/c1-4-9-17-12-15(11-16-18-20-21(3)19-16)10-14-7-5-13(2)6-8-14/h5-8,15,17H,4,9-12H2,1-3H3. The van der Waals surface area contributed by atoms with E-state index in [2.05, 4.69) is 58.8 Å². The van der Waals surface area contributed by atoms with E-state index in [1.165, 1.54) is 15.9 Å². The van der Waals surface area contributed by atoms with Crippen LogP contribution in [0.3, 0.4) is 0 Å². The summed E-state index contributed by atoms with van der Waals surface area (Å²) in [6, 6.07) is 8.78. The minimum absolute atomic E-state index is 0.489. The molecular formula is C16H25N5. The Morgan fingerprint density at radius 2 is 1.95 bits per heavy atom. The zero-order valence-corrected chi connectivity index (χ0v) is 13.2. The van der Waals surface area contributed by atoms with Crippen LogP contribution < -0.4 is 5.32 Å². The van der Waals surface area contributed by atoms with Crippen LogP contribution in [0.15, 0.2) is 24.3 Å². The van der Waals surface area contributed by atoms with Crippen LogP contribution in [-0.4, -0.2) is 33.3 Å². The molecule has 1 unspecified atom stereocenters. The summed E-state index contributed by atoms with van der Waals surface area (Å²) in [6.45, 7) is 6.35. The van der Waals surface area contributed by atoms with Gasteiger partial charge in [0.1, 0.15) is 0 Å². The summed E-state index contributed by atoms with van der Waals surface area (Å²) in [7, 11) is 1.81. The Morgan fingerprint density at radius 3 is 2.57 bits per heavy atom. The third kappa shape index (κ3) is 5.27. The first kappa shape index (κ1) is 15.6. The number of tetrazole rings is 1. The average Bonchev–Trinajstić information content (AvgIpc) is 2.87. The lowest BCUT2D eigenvalue weighted by Crippen LogP contribution is -2.27. The summed E-state index contributed by atoms with van der Waals surface area (Å²) in [5.74, 6) is 1.32. The smallest absolute Gasteiger partial charge is 0.175 e. The molecule has 114 valence electrons. The Morgan fingerprint density at radius 1 is 1.19 bits per heavy atom. The van der Waals surface area contributed by atoms with Crippen molar-refractivity contribution in [1.82, 2.24) is 25.5 Å². The van der Waals surface area contributed by atoms with Gasteiger partial charge in [0.15, 0.2) is 5.82 Å². The van der Waals surface area contributed by atoms with Crippen LogP contribution in [0.4, 0.5) is 0 Å². The molecule has 1 N–H and O–H groups in total. The maximum absolute atomic E-state index is 4.30. The van der Waals surface area contributed by atoms with Crippen LogP contribution in [0.2, 0.25) is 0 Å². The first-order chi connectivity index (χ1) is 10.2. The predicted octanol–water partition coefficient (Wildman–Crippen LogP) is 1.92. The zero-order valence-electron chi connectivity index (χ0n) is 13.2. The summed E-state index contributed by atoms with van der Waals surface area (Å²) in [6.07, 6.45) is 3.05. The monoisotopic (exact) mass is 287 g/mol. The molecule has 2 rings (SSSR count). The number of rotatable bonds is 8. The Hall–Kier alpha value is -1.75. The molecule has 2 aromatic rings. The highest BCUT2D eigenvalue weighted by Crippen LogP contribution is 2.13. The lowest BCUT2D eigenvalue weighted by Gasteiger charge is -2.16. The van der Waals surface area contributed by atoms with Gasteiger partial charge in [-0.15, -0.1) is 10.2 Å². The number of benzene rings is 1. The molecule has 1 heterocycles. The van der Waals surface area contributed by atoms with Crippen molar-refractivity contribution in [2.75, 3.05) is 13.1 Å². The van der Waals surface area contributed by atoms with E-state index < -0.39 is 0 Å². The highest BCUT2D eigenvalue weighted by molar-refractivity contribution is 5.21. The van der Waals surface area contributed by atoms with Crippen LogP contribution in [-0.2, 0) is 19.9 Å². The minimum atomic E-state index is 0.489. The molecular weight excluding hydrogens is 262 g/mol. The van der Waals surface area contributed by atoms with E-state index in [-0.39, 0.29) is 0 Å². The van der Waals surface area contributed by atoms with Crippen molar-refractivity contribution < 1.29 is 0 Å². The third-order valence-electron chi connectivity index (χ3n) is 3.53. The van der Waals surface area contributed by atoms with Crippen LogP contribution in [0, 0.1) is 12.8 Å². The van der Waals surface area contributed by atoms with Gasteiger partial charge in [0.2, 0.25) is 0 Å². The quantitative estimate of drug-likeness (QED) is 0.754. The molecule has 0 aliphatic carbocycles. The van der Waals surface area contributed by atoms with Crippen molar-refractivity contribution in [3.8, 4) is 0 Å². The van der Waals surface area contributed by atoms with Gasteiger partial charge >= 0.3 is 0 Å². The maximum atomic E-state index is 4.30. The second-order valence-electron chi connectivity index (χ2n) is 5.66. The second-order valence-corrected chi connectivity index (χ2v) is 5.66. The molecule has 5 heteroatoms. The lowest BCUT2D eigenvalue weighted by atomic mass is 9.95. The van der Waals surface area contributed by atoms with Crippen LogP contribution in [0.25, 0.3) is 0 Å². The lowest BCUT2D eigenvalue weighted by molar-refractivity contribution is 0.460. The van der Waals surface area contributed by atoms with Crippen LogP contribution in [0.1, 0.15) is 30.3 Å². The van der Waals surface area contributed by atoms with E-state index in [1.54, 1.807) is 7.05 Å². The highest BCUT2D eigenvalue weighted by atomic mass is 15.6. The number of nitrogens with zero attached hydrogens (tertiary/aromatic N) is 4. The average molecular weight is 287 g/mol. The van der Waals surface area contributed by atoms with Crippen molar-refractivity contribution in [3.05, 3.63) is 41.2 Å². The zero-order chi connectivity index (χ0) is 15.1. The van der Waals surface area contributed by atoms with Crippen LogP contribution in [0.5, 0.6) is 0 Å². The van der Waals surface area contributed by atoms with E-state index in [9.17, 15) is 0 Å². The van der Waals surface area contributed by atoms with Crippen molar-refractivity contribution >= 4 is 0 Å². The summed E-state index contributed by atoms with van der Waals surface area (Å²) in [5.41, 5.74) is 2.67. The Kier molecular flexibility index (Phi) is 5.87. The molecule has 0 amide bonds. The Balaban J connectivity index is 1.98. The number of aryl methyl sites for hydroxylation is 2. The van der Waals surface area contributed by atoms with Gasteiger partial charge in [-0.3, -0.25) is 0 Å². The minimum Gasteiger partial charge on any atom is -0.316 e. The van der Waals surface area contributed by atoms with Gasteiger partial charge < -0.3 is 5.32 Å². The maximum Gasteiger partial charge on any atom is 0.175 e. The molecule has 1 atom stereocenters. The van der Waals surface area contributed by atoms with Crippen molar-refractivity contribution in [1.29, 1.82) is 0 Å². The predicted molar refractivity (Wildman–Crippen MR) is 84.0 cm³/mol. The summed E-state index contributed by atoms with van der Waals surface area (Å²) < 4.78 is 0. The van der Waals surface area contributed by atoms with Gasteiger partial charge in [-0.1, -0.05) is 36.8 Å². The second kappa shape index (κ2) is 7.88. The van der Waals surface area contributed by atoms with E-state index in [0.29, 0.717) is 5.92 Å². The van der Waals surface area contributed by atoms with Gasteiger partial charge in [0.25, 0.3) is 0 Å². The van der Waals surface area contributed by atoms with Gasteiger partial charge in [-0.2, -0.15) is 4.80 Å². The molecule has 0 radical (unpaired) electrons. The highest BCUT2D eigenvalue weighted by Gasteiger charge is 2.13. The fourth-order valence-corrected chi connectivity index (χ4v) is 2.42. The summed E-state index contributed by atoms with van der Waals surface area (Å²) in [4.78, 5) is 1.53. The van der Waals surface area contributed by atoms with Crippen molar-refractivity contribution in [2.45, 2.75) is 33.1 Å². The normalized spacial score (nSPS) is 12.5. The van der Waals surface area contributed by atoms with Crippen molar-refractivity contribution in [3.63, 3.8) is 0 Å². The first-order valence-electron chi connectivity index (χ1n) is 7.66. The molecule has 0 aliphatic rings. The van der Waals surface area contributed by atoms with E-state index in [0.717, 1.165) is 38.2 Å². The van der Waals surface area contributed by atoms with Crippen molar-refractivity contribution in [2.24, 2.45) is 13.0 Å². The molecule has 21 heavy (non-hydrogen) atoms. The molecule has 5 nitrogen and oxygen atoms in total. The number of nitrogens with one attached hydrogen (secondary N) is 1. The number of hydrogen-bond acceptors (Lipinski definition) is 4. The summed E-state index contributed by atoms with van der Waals surface area (Å²) >= 11 is 0. The fraction of sp³-hybridized carbons (Fsp3) is 0.562. The molecule has 1 aromatic carbocycles. The van der Waals surface area contributed by atoms with E-state index in [4.69, 9.17) is 0 Å². The van der Waals surface area contributed by atoms with E-state index >= 15 is 0 Å². The fourth-order valence-electron chi connectivity index (χ4n) is 2.42. The summed E-state index contributed by atoms with van der Waals surface area (Å²) in [5, 5.41) is 15.8. The Bertz CT molecular complexity index is 532. The Labute approximate surface area is 126 Å². The molecule has 0 spiro atoms. The first-order valence-corrected chi connectivity index (χ1v) is 7.66.